The summed E-state index contributed by atoms with van der Waals surface area (Å²) in [6.07, 6.45) is 6.93. The van der Waals surface area contributed by atoms with Crippen molar-refractivity contribution in [2.75, 3.05) is 19.6 Å². The first-order chi connectivity index (χ1) is 7.18. The molecular formula is C13H28N2. The van der Waals surface area contributed by atoms with E-state index in [1.807, 2.05) is 0 Å². The van der Waals surface area contributed by atoms with Crippen LogP contribution in [0, 0.1) is 5.41 Å². The van der Waals surface area contributed by atoms with Gasteiger partial charge in [0.25, 0.3) is 0 Å². The van der Waals surface area contributed by atoms with Crippen LogP contribution in [0.3, 0.4) is 0 Å². The Hall–Kier alpha value is -0.0800. The molecule has 0 aromatic carbocycles. The highest BCUT2D eigenvalue weighted by molar-refractivity contribution is 4.94. The molecule has 0 bridgehead atoms. The molecule has 0 aliphatic heterocycles. The van der Waals surface area contributed by atoms with Crippen molar-refractivity contribution in [1.82, 2.24) is 10.6 Å². The lowest BCUT2D eigenvalue weighted by atomic mass is 10.0. The van der Waals surface area contributed by atoms with Gasteiger partial charge in [-0.2, -0.15) is 0 Å². The summed E-state index contributed by atoms with van der Waals surface area (Å²) in [5.74, 6) is 0. The molecule has 1 aliphatic carbocycles. The first-order valence-corrected chi connectivity index (χ1v) is 6.63. The second-order valence-electron chi connectivity index (χ2n) is 5.39. The van der Waals surface area contributed by atoms with Gasteiger partial charge in [-0.3, -0.25) is 0 Å². The Morgan fingerprint density at radius 1 is 1.20 bits per heavy atom. The molecule has 0 spiro atoms. The summed E-state index contributed by atoms with van der Waals surface area (Å²) >= 11 is 0. The monoisotopic (exact) mass is 212 g/mol. The van der Waals surface area contributed by atoms with Gasteiger partial charge < -0.3 is 10.6 Å². The van der Waals surface area contributed by atoms with Crippen LogP contribution in [0.2, 0.25) is 0 Å². The van der Waals surface area contributed by atoms with Gasteiger partial charge in [0, 0.05) is 12.6 Å². The van der Waals surface area contributed by atoms with Crippen LogP contribution >= 0.6 is 0 Å². The van der Waals surface area contributed by atoms with Crippen molar-refractivity contribution in [3.8, 4) is 0 Å². The fourth-order valence-electron chi connectivity index (χ4n) is 2.18. The minimum atomic E-state index is 0.625. The molecule has 2 N–H and O–H groups in total. The molecule has 0 heterocycles. The molecule has 1 aliphatic rings. The third-order valence-electron chi connectivity index (χ3n) is 3.32. The lowest BCUT2D eigenvalue weighted by Gasteiger charge is -2.15. The van der Waals surface area contributed by atoms with Crippen molar-refractivity contribution in [2.45, 2.75) is 58.9 Å². The van der Waals surface area contributed by atoms with E-state index in [0.29, 0.717) is 11.5 Å². The van der Waals surface area contributed by atoms with Crippen LogP contribution in [0.5, 0.6) is 0 Å². The molecule has 2 heteroatoms. The molecule has 1 fully saturated rings. The van der Waals surface area contributed by atoms with Gasteiger partial charge in [0.2, 0.25) is 0 Å². The largest absolute Gasteiger partial charge is 0.316 e. The van der Waals surface area contributed by atoms with E-state index in [1.54, 1.807) is 0 Å². The molecule has 0 aromatic heterocycles. The molecule has 1 rings (SSSR count). The number of hydrogen-bond acceptors (Lipinski definition) is 2. The maximum Gasteiger partial charge on any atom is 0.00103 e. The molecule has 0 radical (unpaired) electrons. The fourth-order valence-corrected chi connectivity index (χ4v) is 2.18. The first-order valence-electron chi connectivity index (χ1n) is 6.63. The van der Waals surface area contributed by atoms with Crippen molar-refractivity contribution >= 4 is 0 Å². The SMILES string of the molecule is CCCC1(CNCCCNC(C)C)CC1. The van der Waals surface area contributed by atoms with Gasteiger partial charge in [-0.05, 0) is 44.2 Å². The number of nitrogens with one attached hydrogen (secondary N) is 2. The van der Waals surface area contributed by atoms with Gasteiger partial charge in [0.15, 0.2) is 0 Å². The maximum absolute atomic E-state index is 3.61. The Labute approximate surface area is 95.2 Å². The van der Waals surface area contributed by atoms with E-state index >= 15 is 0 Å². The lowest BCUT2D eigenvalue weighted by Crippen LogP contribution is -2.29. The summed E-state index contributed by atoms with van der Waals surface area (Å²) in [7, 11) is 0. The summed E-state index contributed by atoms with van der Waals surface area (Å²) in [4.78, 5) is 0. The van der Waals surface area contributed by atoms with E-state index in [2.05, 4.69) is 31.4 Å². The third-order valence-corrected chi connectivity index (χ3v) is 3.32. The Kier molecular flexibility index (Phi) is 5.62. The summed E-state index contributed by atoms with van der Waals surface area (Å²) in [6.45, 7) is 10.3. The summed E-state index contributed by atoms with van der Waals surface area (Å²) in [6, 6.07) is 0.625. The molecule has 0 amide bonds. The highest BCUT2D eigenvalue weighted by Crippen LogP contribution is 2.48. The van der Waals surface area contributed by atoms with Crippen molar-refractivity contribution in [2.24, 2.45) is 5.41 Å². The van der Waals surface area contributed by atoms with E-state index < -0.39 is 0 Å². The molecule has 15 heavy (non-hydrogen) atoms. The average Bonchev–Trinajstić information content (AvgIpc) is 2.92. The molecule has 0 aromatic rings. The van der Waals surface area contributed by atoms with Gasteiger partial charge in [0.05, 0.1) is 0 Å². The van der Waals surface area contributed by atoms with Crippen LogP contribution in [0.15, 0.2) is 0 Å². The van der Waals surface area contributed by atoms with Crippen molar-refractivity contribution in [1.29, 1.82) is 0 Å². The summed E-state index contributed by atoms with van der Waals surface area (Å²) < 4.78 is 0. The summed E-state index contributed by atoms with van der Waals surface area (Å²) in [5.41, 5.74) is 0.709. The fraction of sp³-hybridized carbons (Fsp3) is 1.00. The highest BCUT2D eigenvalue weighted by atomic mass is 14.9. The Balaban J connectivity index is 1.89. The van der Waals surface area contributed by atoms with E-state index in [9.17, 15) is 0 Å². The molecule has 2 nitrogen and oxygen atoms in total. The molecule has 1 saturated carbocycles. The zero-order valence-electron chi connectivity index (χ0n) is 10.7. The Bertz CT molecular complexity index is 162. The van der Waals surface area contributed by atoms with E-state index in [0.717, 1.165) is 6.54 Å². The van der Waals surface area contributed by atoms with Gasteiger partial charge >= 0.3 is 0 Å². The van der Waals surface area contributed by atoms with Crippen molar-refractivity contribution < 1.29 is 0 Å². The predicted molar refractivity (Wildman–Crippen MR) is 67.2 cm³/mol. The van der Waals surface area contributed by atoms with Crippen LogP contribution < -0.4 is 10.6 Å². The van der Waals surface area contributed by atoms with Gasteiger partial charge in [-0.25, -0.2) is 0 Å². The van der Waals surface area contributed by atoms with Gasteiger partial charge in [-0.15, -0.1) is 0 Å². The van der Waals surface area contributed by atoms with Crippen LogP contribution in [-0.2, 0) is 0 Å². The normalized spacial score (nSPS) is 18.4. The Morgan fingerprint density at radius 2 is 1.93 bits per heavy atom. The quantitative estimate of drug-likeness (QED) is 0.574. The topological polar surface area (TPSA) is 24.1 Å². The minimum absolute atomic E-state index is 0.625. The lowest BCUT2D eigenvalue weighted by molar-refractivity contribution is 0.416. The predicted octanol–water partition coefficient (Wildman–Crippen LogP) is 2.54. The average molecular weight is 212 g/mol. The van der Waals surface area contributed by atoms with Gasteiger partial charge in [-0.1, -0.05) is 27.2 Å². The molecule has 0 saturated heterocycles. The van der Waals surface area contributed by atoms with Gasteiger partial charge in [0.1, 0.15) is 0 Å². The second kappa shape index (κ2) is 6.49. The molecule has 0 atom stereocenters. The third kappa shape index (κ3) is 5.53. The molecule has 0 unspecified atom stereocenters. The van der Waals surface area contributed by atoms with Crippen LogP contribution in [-0.4, -0.2) is 25.7 Å². The van der Waals surface area contributed by atoms with E-state index in [-0.39, 0.29) is 0 Å². The minimum Gasteiger partial charge on any atom is -0.316 e. The highest BCUT2D eigenvalue weighted by Gasteiger charge is 2.40. The Morgan fingerprint density at radius 3 is 2.47 bits per heavy atom. The maximum atomic E-state index is 3.61. The zero-order chi connectivity index (χ0) is 11.1. The smallest absolute Gasteiger partial charge is 0.00103 e. The molecular weight excluding hydrogens is 184 g/mol. The van der Waals surface area contributed by atoms with Crippen molar-refractivity contribution in [3.63, 3.8) is 0 Å². The van der Waals surface area contributed by atoms with Crippen LogP contribution in [0.25, 0.3) is 0 Å². The first kappa shape index (κ1) is 13.0. The van der Waals surface area contributed by atoms with Crippen LogP contribution in [0.4, 0.5) is 0 Å². The second-order valence-corrected chi connectivity index (χ2v) is 5.39. The summed E-state index contributed by atoms with van der Waals surface area (Å²) in [5, 5.41) is 7.05. The number of hydrogen-bond donors (Lipinski definition) is 2. The van der Waals surface area contributed by atoms with E-state index in [1.165, 1.54) is 45.2 Å². The zero-order valence-corrected chi connectivity index (χ0v) is 10.7. The standard InChI is InChI=1S/C13H28N2/c1-4-6-13(7-8-13)11-14-9-5-10-15-12(2)3/h12,14-15H,4-11H2,1-3H3. The molecule has 90 valence electrons. The number of rotatable bonds is 9. The van der Waals surface area contributed by atoms with Crippen LogP contribution in [0.1, 0.15) is 52.9 Å². The van der Waals surface area contributed by atoms with Crippen molar-refractivity contribution in [3.05, 3.63) is 0 Å². The van der Waals surface area contributed by atoms with E-state index in [4.69, 9.17) is 0 Å².